The van der Waals surface area contributed by atoms with Crippen LogP contribution in [0.25, 0.3) is 16.8 Å². The van der Waals surface area contributed by atoms with Crippen molar-refractivity contribution in [2.45, 2.75) is 19.8 Å². The fourth-order valence-electron chi connectivity index (χ4n) is 1.81. The molecule has 0 spiro atoms. The first-order valence-electron chi connectivity index (χ1n) is 6.17. The standard InChI is InChI=1S/C16H18O/c1-2-3-12-17-13-11-15-9-6-8-14-7-4-5-10-16(14)15/h4-11,13H,2-3,12H2,1H3. The average molecular weight is 226 g/mol. The van der Waals surface area contributed by atoms with E-state index in [9.17, 15) is 0 Å². The number of hydrogen-bond acceptors (Lipinski definition) is 1. The lowest BCUT2D eigenvalue weighted by molar-refractivity contribution is 0.246. The van der Waals surface area contributed by atoms with Crippen LogP contribution in [0.1, 0.15) is 25.3 Å². The summed E-state index contributed by atoms with van der Waals surface area (Å²) in [6, 6.07) is 14.7. The lowest BCUT2D eigenvalue weighted by Crippen LogP contribution is -1.85. The fraction of sp³-hybridized carbons (Fsp3) is 0.250. The van der Waals surface area contributed by atoms with Crippen LogP contribution in [0.2, 0.25) is 0 Å². The molecule has 0 aliphatic carbocycles. The SMILES string of the molecule is CCCCOC=Cc1cccc2ccccc12. The van der Waals surface area contributed by atoms with E-state index in [1.54, 1.807) is 6.26 Å². The summed E-state index contributed by atoms with van der Waals surface area (Å²) in [5.41, 5.74) is 1.21. The monoisotopic (exact) mass is 226 g/mol. The predicted molar refractivity (Wildman–Crippen MR) is 73.8 cm³/mol. The summed E-state index contributed by atoms with van der Waals surface area (Å²) in [6.45, 7) is 2.97. The van der Waals surface area contributed by atoms with E-state index in [4.69, 9.17) is 4.74 Å². The molecule has 0 atom stereocenters. The van der Waals surface area contributed by atoms with Gasteiger partial charge < -0.3 is 4.74 Å². The summed E-state index contributed by atoms with van der Waals surface area (Å²) in [5.74, 6) is 0. The third-order valence-corrected chi connectivity index (χ3v) is 2.78. The van der Waals surface area contributed by atoms with E-state index in [0.29, 0.717) is 0 Å². The smallest absolute Gasteiger partial charge is 0.0873 e. The first kappa shape index (κ1) is 11.7. The molecule has 0 saturated heterocycles. The summed E-state index contributed by atoms with van der Waals surface area (Å²) in [7, 11) is 0. The van der Waals surface area contributed by atoms with Gasteiger partial charge in [-0.15, -0.1) is 0 Å². The van der Waals surface area contributed by atoms with E-state index in [0.717, 1.165) is 13.0 Å². The van der Waals surface area contributed by atoms with Crippen LogP contribution in [0.5, 0.6) is 0 Å². The second kappa shape index (κ2) is 6.09. The molecule has 0 fully saturated rings. The lowest BCUT2D eigenvalue weighted by atomic mass is 10.0. The molecule has 0 heterocycles. The molecule has 2 aromatic rings. The Balaban J connectivity index is 2.13. The second-order valence-corrected chi connectivity index (χ2v) is 4.10. The van der Waals surface area contributed by atoms with Gasteiger partial charge in [-0.2, -0.15) is 0 Å². The number of hydrogen-bond donors (Lipinski definition) is 0. The van der Waals surface area contributed by atoms with Crippen molar-refractivity contribution >= 4 is 16.8 Å². The van der Waals surface area contributed by atoms with Gasteiger partial charge in [-0.3, -0.25) is 0 Å². The van der Waals surface area contributed by atoms with Crippen LogP contribution in [-0.4, -0.2) is 6.61 Å². The Hall–Kier alpha value is -1.76. The van der Waals surface area contributed by atoms with E-state index < -0.39 is 0 Å². The maximum absolute atomic E-state index is 5.45. The third kappa shape index (κ3) is 3.10. The number of rotatable bonds is 5. The summed E-state index contributed by atoms with van der Waals surface area (Å²) in [6.07, 6.45) is 6.12. The Bertz CT molecular complexity index is 494. The van der Waals surface area contributed by atoms with Gasteiger partial charge in [0.25, 0.3) is 0 Å². The molecule has 0 N–H and O–H groups in total. The van der Waals surface area contributed by atoms with Gasteiger partial charge in [0.2, 0.25) is 0 Å². The number of unbranched alkanes of at least 4 members (excludes halogenated alkanes) is 1. The quantitative estimate of drug-likeness (QED) is 0.533. The number of fused-ring (bicyclic) bond motifs is 1. The Labute approximate surface area is 103 Å². The van der Waals surface area contributed by atoms with Gasteiger partial charge in [-0.05, 0) is 28.8 Å². The predicted octanol–water partition coefficient (Wildman–Crippen LogP) is 4.63. The van der Waals surface area contributed by atoms with Gasteiger partial charge in [0.1, 0.15) is 0 Å². The van der Waals surface area contributed by atoms with Crippen molar-refractivity contribution in [3.63, 3.8) is 0 Å². The van der Waals surface area contributed by atoms with Gasteiger partial charge in [0.05, 0.1) is 12.9 Å². The largest absolute Gasteiger partial charge is 0.501 e. The van der Waals surface area contributed by atoms with Crippen molar-refractivity contribution in [1.82, 2.24) is 0 Å². The van der Waals surface area contributed by atoms with Gasteiger partial charge in [-0.25, -0.2) is 0 Å². The van der Waals surface area contributed by atoms with Gasteiger partial charge in [0, 0.05) is 0 Å². The number of ether oxygens (including phenoxy) is 1. The van der Waals surface area contributed by atoms with Crippen LogP contribution in [0.4, 0.5) is 0 Å². The summed E-state index contributed by atoms with van der Waals surface area (Å²) in [5, 5.41) is 2.54. The van der Waals surface area contributed by atoms with Crippen LogP contribution in [0.15, 0.2) is 48.7 Å². The summed E-state index contributed by atoms with van der Waals surface area (Å²) >= 11 is 0. The highest BCUT2D eigenvalue weighted by atomic mass is 16.5. The lowest BCUT2D eigenvalue weighted by Gasteiger charge is -2.02. The summed E-state index contributed by atoms with van der Waals surface area (Å²) in [4.78, 5) is 0. The molecule has 2 aromatic carbocycles. The minimum absolute atomic E-state index is 0.803. The zero-order valence-electron chi connectivity index (χ0n) is 10.2. The number of benzene rings is 2. The average Bonchev–Trinajstić information content (AvgIpc) is 2.39. The van der Waals surface area contributed by atoms with Crippen LogP contribution >= 0.6 is 0 Å². The Kier molecular flexibility index (Phi) is 4.20. The maximum atomic E-state index is 5.45. The van der Waals surface area contributed by atoms with Crippen LogP contribution < -0.4 is 0 Å². The Morgan fingerprint density at radius 3 is 2.76 bits per heavy atom. The molecule has 0 amide bonds. The van der Waals surface area contributed by atoms with Crippen molar-refractivity contribution in [2.24, 2.45) is 0 Å². The Morgan fingerprint density at radius 2 is 1.88 bits per heavy atom. The molecular weight excluding hydrogens is 208 g/mol. The van der Waals surface area contributed by atoms with Crippen molar-refractivity contribution in [3.8, 4) is 0 Å². The highest BCUT2D eigenvalue weighted by molar-refractivity contribution is 5.90. The highest BCUT2D eigenvalue weighted by Crippen LogP contribution is 2.19. The first-order chi connectivity index (χ1) is 8.42. The van der Waals surface area contributed by atoms with E-state index >= 15 is 0 Å². The Morgan fingerprint density at radius 1 is 1.06 bits per heavy atom. The van der Waals surface area contributed by atoms with Gasteiger partial charge in [0.15, 0.2) is 0 Å². The molecule has 0 aliphatic rings. The molecule has 1 heteroatoms. The molecule has 2 rings (SSSR count). The van der Waals surface area contributed by atoms with Crippen LogP contribution in [0.3, 0.4) is 0 Å². The first-order valence-corrected chi connectivity index (χ1v) is 6.17. The van der Waals surface area contributed by atoms with Crippen molar-refractivity contribution in [3.05, 3.63) is 54.3 Å². The van der Waals surface area contributed by atoms with Crippen molar-refractivity contribution in [1.29, 1.82) is 0 Å². The van der Waals surface area contributed by atoms with Gasteiger partial charge in [-0.1, -0.05) is 55.8 Å². The molecule has 0 radical (unpaired) electrons. The summed E-state index contributed by atoms with van der Waals surface area (Å²) < 4.78 is 5.45. The van der Waals surface area contributed by atoms with E-state index in [-0.39, 0.29) is 0 Å². The molecule has 0 unspecified atom stereocenters. The molecule has 1 nitrogen and oxygen atoms in total. The third-order valence-electron chi connectivity index (χ3n) is 2.78. The van der Waals surface area contributed by atoms with Crippen molar-refractivity contribution < 1.29 is 4.74 Å². The zero-order chi connectivity index (χ0) is 11.9. The van der Waals surface area contributed by atoms with E-state index in [1.807, 2.05) is 6.08 Å². The molecular formula is C16H18O. The van der Waals surface area contributed by atoms with Crippen LogP contribution in [0, 0.1) is 0 Å². The highest BCUT2D eigenvalue weighted by Gasteiger charge is 1.95. The van der Waals surface area contributed by atoms with E-state index in [1.165, 1.54) is 22.8 Å². The minimum Gasteiger partial charge on any atom is -0.501 e. The topological polar surface area (TPSA) is 9.23 Å². The zero-order valence-corrected chi connectivity index (χ0v) is 10.2. The molecule has 88 valence electrons. The molecule has 0 bridgehead atoms. The maximum Gasteiger partial charge on any atom is 0.0873 e. The fourth-order valence-corrected chi connectivity index (χ4v) is 1.81. The minimum atomic E-state index is 0.803. The normalized spacial score (nSPS) is 11.1. The molecule has 0 aliphatic heterocycles. The van der Waals surface area contributed by atoms with Crippen LogP contribution in [-0.2, 0) is 4.74 Å². The van der Waals surface area contributed by atoms with Crippen molar-refractivity contribution in [2.75, 3.05) is 6.61 Å². The van der Waals surface area contributed by atoms with Gasteiger partial charge >= 0.3 is 0 Å². The molecule has 17 heavy (non-hydrogen) atoms. The van der Waals surface area contributed by atoms with E-state index in [2.05, 4.69) is 49.4 Å². The molecule has 0 aromatic heterocycles. The second-order valence-electron chi connectivity index (χ2n) is 4.10. The molecule has 0 saturated carbocycles.